The Labute approximate surface area is 167 Å². The van der Waals surface area contributed by atoms with Crippen molar-refractivity contribution in [1.82, 2.24) is 14.9 Å². The Bertz CT molecular complexity index is 916. The van der Waals surface area contributed by atoms with Gasteiger partial charge in [0.25, 0.3) is 6.08 Å². The van der Waals surface area contributed by atoms with E-state index >= 15 is 0 Å². The summed E-state index contributed by atoms with van der Waals surface area (Å²) in [5, 5.41) is 5.60. The van der Waals surface area contributed by atoms with E-state index in [4.69, 9.17) is 5.73 Å². The molecule has 0 saturated heterocycles. The monoisotopic (exact) mass is 431 g/mol. The fourth-order valence-corrected chi connectivity index (χ4v) is 3.93. The van der Waals surface area contributed by atoms with Crippen molar-refractivity contribution >= 4 is 17.7 Å². The van der Waals surface area contributed by atoms with E-state index in [0.717, 1.165) is 21.4 Å². The van der Waals surface area contributed by atoms with Crippen molar-refractivity contribution in [3.63, 3.8) is 0 Å². The average molecular weight is 431 g/mol. The predicted molar refractivity (Wildman–Crippen MR) is 101 cm³/mol. The maximum atomic E-state index is 12.7. The zero-order valence-corrected chi connectivity index (χ0v) is 16.2. The second-order valence-corrected chi connectivity index (χ2v) is 7.64. The highest BCUT2D eigenvalue weighted by molar-refractivity contribution is 7.15. The minimum Gasteiger partial charge on any atom is -0.337 e. The number of nitrogens with zero attached hydrogens (tertiary/aromatic N) is 4. The Hall–Kier alpha value is -2.53. The van der Waals surface area contributed by atoms with E-state index in [1.54, 1.807) is 6.34 Å². The molecule has 2 N–H and O–H groups in total. The van der Waals surface area contributed by atoms with Gasteiger partial charge in [-0.15, -0.1) is 11.3 Å². The second kappa shape index (κ2) is 8.46. The molecule has 2 aromatic rings. The topological polar surface area (TPSA) is 57.8 Å². The van der Waals surface area contributed by atoms with Gasteiger partial charge in [-0.25, -0.2) is 0 Å². The molecular weight excluding hydrogens is 413 g/mol. The van der Waals surface area contributed by atoms with Crippen LogP contribution >= 0.6 is 11.3 Å². The lowest BCUT2D eigenvalue weighted by Gasteiger charge is -2.19. The van der Waals surface area contributed by atoms with Crippen LogP contribution in [0, 0.1) is 6.92 Å². The van der Waals surface area contributed by atoms with E-state index in [9.17, 15) is 22.0 Å². The average Bonchev–Trinajstić information content (AvgIpc) is 3.26. The van der Waals surface area contributed by atoms with Crippen LogP contribution in [0.15, 0.2) is 41.2 Å². The van der Waals surface area contributed by atoms with Crippen LogP contribution in [0.4, 0.5) is 22.0 Å². The molecule has 0 aromatic carbocycles. The van der Waals surface area contributed by atoms with Gasteiger partial charge in [0.1, 0.15) is 18.7 Å². The third kappa shape index (κ3) is 5.10. The zero-order valence-electron chi connectivity index (χ0n) is 15.4. The van der Waals surface area contributed by atoms with Crippen molar-refractivity contribution in [2.75, 3.05) is 19.8 Å². The first-order valence-corrected chi connectivity index (χ1v) is 9.38. The number of hydrazone groups is 1. The van der Waals surface area contributed by atoms with Gasteiger partial charge in [-0.05, 0) is 30.7 Å². The zero-order chi connectivity index (χ0) is 21.2. The standard InChI is InChI=1S/C18H18F5N5S/c1-11-4-14(12-2-3-16(25-6-12)18(21,22)23)29-15(11)8-27-9-26-28(10-27)7-13(5-24)17(19)20/h2-4,6,9H,5,7-8,10,24H2,1H3. The molecule has 11 heteroatoms. The molecule has 29 heavy (non-hydrogen) atoms. The minimum atomic E-state index is -4.47. The third-order valence-corrected chi connectivity index (χ3v) is 5.59. The van der Waals surface area contributed by atoms with Crippen LogP contribution in [-0.2, 0) is 12.7 Å². The number of hydrogen-bond acceptors (Lipinski definition) is 6. The summed E-state index contributed by atoms with van der Waals surface area (Å²) in [6, 6.07) is 4.25. The quantitative estimate of drug-likeness (QED) is 0.695. The second-order valence-electron chi connectivity index (χ2n) is 6.50. The van der Waals surface area contributed by atoms with Crippen molar-refractivity contribution in [1.29, 1.82) is 0 Å². The molecule has 0 fully saturated rings. The van der Waals surface area contributed by atoms with Gasteiger partial charge in [0.05, 0.1) is 13.1 Å². The van der Waals surface area contributed by atoms with Crippen molar-refractivity contribution in [2.24, 2.45) is 10.8 Å². The van der Waals surface area contributed by atoms with Gasteiger partial charge < -0.3 is 10.6 Å². The Morgan fingerprint density at radius 3 is 2.62 bits per heavy atom. The summed E-state index contributed by atoms with van der Waals surface area (Å²) in [7, 11) is 0. The highest BCUT2D eigenvalue weighted by Crippen LogP contribution is 2.34. The highest BCUT2D eigenvalue weighted by atomic mass is 32.1. The van der Waals surface area contributed by atoms with Crippen LogP contribution in [0.2, 0.25) is 0 Å². The molecule has 5 nitrogen and oxygen atoms in total. The Balaban J connectivity index is 1.66. The third-order valence-electron chi connectivity index (χ3n) is 4.32. The smallest absolute Gasteiger partial charge is 0.337 e. The molecule has 1 aliphatic rings. The summed E-state index contributed by atoms with van der Waals surface area (Å²) >= 11 is 1.44. The van der Waals surface area contributed by atoms with Crippen LogP contribution in [0.3, 0.4) is 0 Å². The largest absolute Gasteiger partial charge is 0.433 e. The number of pyridine rings is 1. The van der Waals surface area contributed by atoms with Crippen molar-refractivity contribution in [2.45, 2.75) is 19.6 Å². The first kappa shape index (κ1) is 21.2. The van der Waals surface area contributed by atoms with Gasteiger partial charge in [0, 0.05) is 33.6 Å². The van der Waals surface area contributed by atoms with Gasteiger partial charge in [-0.3, -0.25) is 9.99 Å². The van der Waals surface area contributed by atoms with Crippen LogP contribution in [-0.4, -0.2) is 41.0 Å². The number of nitrogens with two attached hydrogens (primary N) is 1. The van der Waals surface area contributed by atoms with Gasteiger partial charge in [-0.1, -0.05) is 0 Å². The molecule has 0 aliphatic carbocycles. The summed E-state index contributed by atoms with van der Waals surface area (Å²) in [5.41, 5.74) is 5.82. The number of thiophene rings is 1. The van der Waals surface area contributed by atoms with Crippen molar-refractivity contribution < 1.29 is 22.0 Å². The first-order chi connectivity index (χ1) is 13.7. The summed E-state index contributed by atoms with van der Waals surface area (Å²) in [4.78, 5) is 7.16. The molecule has 0 spiro atoms. The first-order valence-electron chi connectivity index (χ1n) is 8.56. The fourth-order valence-electron chi connectivity index (χ4n) is 2.74. The van der Waals surface area contributed by atoms with Crippen LogP contribution in [0.1, 0.15) is 16.1 Å². The highest BCUT2D eigenvalue weighted by Gasteiger charge is 2.32. The van der Waals surface area contributed by atoms with Gasteiger partial charge >= 0.3 is 6.18 Å². The molecule has 1 aliphatic heterocycles. The van der Waals surface area contributed by atoms with Gasteiger partial charge in [-0.2, -0.15) is 27.1 Å². The normalized spacial score (nSPS) is 14.0. The van der Waals surface area contributed by atoms with Crippen molar-refractivity contribution in [3.05, 3.63) is 52.2 Å². The molecule has 2 aromatic heterocycles. The Morgan fingerprint density at radius 2 is 2.03 bits per heavy atom. The maximum absolute atomic E-state index is 12.7. The molecule has 0 saturated carbocycles. The number of hydrogen-bond donors (Lipinski definition) is 1. The summed E-state index contributed by atoms with van der Waals surface area (Å²) in [6.07, 6.45) is -3.48. The summed E-state index contributed by atoms with van der Waals surface area (Å²) in [5.74, 6) is 0. The van der Waals surface area contributed by atoms with E-state index in [0.29, 0.717) is 18.8 Å². The van der Waals surface area contributed by atoms with Crippen LogP contribution < -0.4 is 5.73 Å². The summed E-state index contributed by atoms with van der Waals surface area (Å²) in [6.45, 7) is 2.47. The molecule has 156 valence electrons. The number of aryl methyl sites for hydroxylation is 1. The maximum Gasteiger partial charge on any atom is 0.433 e. The number of rotatable bonds is 6. The molecule has 0 atom stereocenters. The molecule has 0 amide bonds. The molecule has 0 bridgehead atoms. The van der Waals surface area contributed by atoms with Crippen molar-refractivity contribution in [3.8, 4) is 10.4 Å². The molecule has 0 unspecified atom stereocenters. The summed E-state index contributed by atoms with van der Waals surface area (Å²) < 4.78 is 63.5. The Kier molecular flexibility index (Phi) is 6.18. The van der Waals surface area contributed by atoms with Gasteiger partial charge in [0.2, 0.25) is 0 Å². The lowest BCUT2D eigenvalue weighted by atomic mass is 10.2. The number of halogens is 5. The van der Waals surface area contributed by atoms with Crippen LogP contribution in [0.5, 0.6) is 0 Å². The van der Waals surface area contributed by atoms with Crippen LogP contribution in [0.25, 0.3) is 10.4 Å². The Morgan fingerprint density at radius 1 is 1.28 bits per heavy atom. The van der Waals surface area contributed by atoms with E-state index < -0.39 is 18.0 Å². The molecule has 3 heterocycles. The lowest BCUT2D eigenvalue weighted by Crippen LogP contribution is -2.29. The molecular formula is C18H18F5N5S. The lowest BCUT2D eigenvalue weighted by molar-refractivity contribution is -0.141. The minimum absolute atomic E-state index is 0.0439. The van der Waals surface area contributed by atoms with Gasteiger partial charge in [0.15, 0.2) is 0 Å². The van der Waals surface area contributed by atoms with E-state index in [2.05, 4.69) is 10.1 Å². The molecule has 3 rings (SSSR count). The number of aromatic nitrogens is 1. The SMILES string of the molecule is Cc1cc(-c2ccc(C(F)(F)F)nc2)sc1CN1C=NN(CC(CN)=C(F)F)C1. The molecule has 0 radical (unpaired) electrons. The predicted octanol–water partition coefficient (Wildman–Crippen LogP) is 4.27. The number of alkyl halides is 3. The van der Waals surface area contributed by atoms with E-state index in [-0.39, 0.29) is 18.7 Å². The van der Waals surface area contributed by atoms with E-state index in [1.807, 2.05) is 17.9 Å². The fraction of sp³-hybridized carbons (Fsp3) is 0.333. The van der Waals surface area contributed by atoms with E-state index in [1.165, 1.54) is 28.6 Å².